The molecule has 8 nitrogen and oxygen atoms in total. The molecule has 0 N–H and O–H groups in total. The van der Waals surface area contributed by atoms with Crippen molar-refractivity contribution in [2.75, 3.05) is 27.3 Å². The molecule has 28 heavy (non-hydrogen) atoms. The molecule has 0 aliphatic heterocycles. The van der Waals surface area contributed by atoms with Gasteiger partial charge in [0.25, 0.3) is 0 Å². The summed E-state index contributed by atoms with van der Waals surface area (Å²) in [4.78, 5) is 47.3. The van der Waals surface area contributed by atoms with Crippen molar-refractivity contribution >= 4 is 23.9 Å². The van der Waals surface area contributed by atoms with E-state index in [1.165, 1.54) is 38.5 Å². The van der Waals surface area contributed by atoms with Gasteiger partial charge in [-0.05, 0) is 48.5 Å². The Morgan fingerprint density at radius 3 is 1.11 bits per heavy atom. The van der Waals surface area contributed by atoms with Crippen molar-refractivity contribution < 1.29 is 43.6 Å². The molecular weight excluding hydrogens is 368 g/mol. The fourth-order valence-corrected chi connectivity index (χ4v) is 1.97. The summed E-state index contributed by atoms with van der Waals surface area (Å²) < 4.78 is 49.2. The molecule has 0 spiro atoms. The van der Waals surface area contributed by atoms with Gasteiger partial charge in [0.2, 0.25) is 0 Å². The quantitative estimate of drug-likeness (QED) is 0.524. The van der Waals surface area contributed by atoms with Crippen LogP contribution in [0.4, 0.5) is 0 Å². The number of ether oxygens (including phenoxy) is 4. The van der Waals surface area contributed by atoms with Crippen molar-refractivity contribution in [3.8, 4) is 0 Å². The highest BCUT2D eigenvalue weighted by molar-refractivity contribution is 5.94. The molecule has 2 aromatic carbocycles. The molecular formula is C20H18O8. The van der Waals surface area contributed by atoms with Crippen LogP contribution in [0.5, 0.6) is 0 Å². The minimum Gasteiger partial charge on any atom is -0.465 e. The van der Waals surface area contributed by atoms with E-state index in [-0.39, 0.29) is 22.3 Å². The maximum atomic E-state index is 12.2. The standard InChI is InChI=1S/C20H18O8/c1-25-17(21)13-3-7-15(8-4-13)19(23)27-11-12-28-20(24)16-9-5-14(6-10-16)18(22)26-2/h3-10H,11-12H2,1-2H3/i11D2,12D2. The average molecular weight is 390 g/mol. The van der Waals surface area contributed by atoms with E-state index in [4.69, 9.17) is 5.48 Å². The summed E-state index contributed by atoms with van der Waals surface area (Å²) in [6.07, 6.45) is 0. The number of hydrogen-bond donors (Lipinski definition) is 0. The lowest BCUT2D eigenvalue weighted by molar-refractivity contribution is 0.0265. The van der Waals surface area contributed by atoms with Crippen molar-refractivity contribution in [1.82, 2.24) is 0 Å². The number of carbonyl (C=O) groups is 4. The first-order valence-corrected chi connectivity index (χ1v) is 7.75. The van der Waals surface area contributed by atoms with Crippen LogP contribution < -0.4 is 0 Å². The minimum absolute atomic E-state index is 0.134. The van der Waals surface area contributed by atoms with Gasteiger partial charge < -0.3 is 18.9 Å². The highest BCUT2D eigenvalue weighted by Crippen LogP contribution is 2.09. The maximum Gasteiger partial charge on any atom is 0.338 e. The molecule has 0 saturated carbocycles. The monoisotopic (exact) mass is 390 g/mol. The summed E-state index contributed by atoms with van der Waals surface area (Å²) >= 11 is 0. The number of carbonyl (C=O) groups excluding carboxylic acids is 4. The number of benzene rings is 2. The lowest BCUT2D eigenvalue weighted by atomic mass is 10.1. The Bertz CT molecular complexity index is 933. The van der Waals surface area contributed by atoms with Crippen LogP contribution in [0.3, 0.4) is 0 Å². The third-order valence-corrected chi connectivity index (χ3v) is 3.41. The fourth-order valence-electron chi connectivity index (χ4n) is 1.97. The molecule has 0 fully saturated rings. The molecule has 8 heteroatoms. The summed E-state index contributed by atoms with van der Waals surface area (Å²) in [5, 5.41) is 0. The van der Waals surface area contributed by atoms with Gasteiger partial charge in [0.15, 0.2) is 0 Å². The van der Waals surface area contributed by atoms with Crippen LogP contribution >= 0.6 is 0 Å². The first kappa shape index (κ1) is 15.4. The highest BCUT2D eigenvalue weighted by atomic mass is 16.6. The van der Waals surface area contributed by atoms with Gasteiger partial charge >= 0.3 is 23.9 Å². The van der Waals surface area contributed by atoms with E-state index in [0.29, 0.717) is 0 Å². The van der Waals surface area contributed by atoms with Crippen molar-refractivity contribution in [3.63, 3.8) is 0 Å². The molecule has 0 heterocycles. The minimum atomic E-state index is -3.37. The molecule has 0 unspecified atom stereocenters. The SMILES string of the molecule is [2H]C([2H])(OC(=O)c1ccc(C(=O)OC)cc1)C([2H])([2H])OC(=O)c1ccc(C(=O)OC)cc1. The Hall–Kier alpha value is -3.68. The van der Waals surface area contributed by atoms with Crippen LogP contribution in [0.15, 0.2) is 48.5 Å². The van der Waals surface area contributed by atoms with Gasteiger partial charge in [-0.3, -0.25) is 0 Å². The van der Waals surface area contributed by atoms with Gasteiger partial charge in [0.05, 0.1) is 42.0 Å². The Morgan fingerprint density at radius 1 is 0.607 bits per heavy atom. The molecule has 2 aromatic rings. The molecule has 0 radical (unpaired) electrons. The van der Waals surface area contributed by atoms with Gasteiger partial charge in [0, 0.05) is 0 Å². The first-order chi connectivity index (χ1) is 14.9. The van der Waals surface area contributed by atoms with Crippen molar-refractivity contribution in [3.05, 3.63) is 70.8 Å². The normalized spacial score (nSPS) is 13.1. The Balaban J connectivity index is 2.10. The summed E-state index contributed by atoms with van der Waals surface area (Å²) in [7, 11) is 2.35. The van der Waals surface area contributed by atoms with E-state index in [9.17, 15) is 19.2 Å². The Morgan fingerprint density at radius 2 is 0.857 bits per heavy atom. The molecule has 2 rings (SSSR count). The molecule has 0 aliphatic rings. The zero-order valence-electron chi connectivity index (χ0n) is 18.9. The van der Waals surface area contributed by atoms with Crippen LogP contribution in [-0.4, -0.2) is 51.2 Å². The molecule has 0 amide bonds. The second-order valence-electron chi connectivity index (χ2n) is 5.12. The summed E-state index contributed by atoms with van der Waals surface area (Å²) in [6, 6.07) is 9.61. The van der Waals surface area contributed by atoms with Gasteiger partial charge in [-0.25, -0.2) is 19.2 Å². The topological polar surface area (TPSA) is 105 Å². The molecule has 0 atom stereocenters. The van der Waals surface area contributed by atoms with E-state index >= 15 is 0 Å². The van der Waals surface area contributed by atoms with E-state index in [2.05, 4.69) is 18.9 Å². The third kappa shape index (κ3) is 5.41. The highest BCUT2D eigenvalue weighted by Gasteiger charge is 2.12. The largest absolute Gasteiger partial charge is 0.465 e. The van der Waals surface area contributed by atoms with Gasteiger partial charge in [-0.15, -0.1) is 0 Å². The molecule has 146 valence electrons. The Labute approximate surface area is 166 Å². The Kier molecular flexibility index (Phi) is 5.42. The summed E-state index contributed by atoms with van der Waals surface area (Å²) in [6.45, 7) is -6.74. The number of methoxy groups -OCH3 is 2. The lowest BCUT2D eigenvalue weighted by Gasteiger charge is -2.07. The van der Waals surface area contributed by atoms with Crippen LogP contribution in [-0.2, 0) is 18.9 Å². The van der Waals surface area contributed by atoms with Crippen LogP contribution in [0.25, 0.3) is 0 Å². The van der Waals surface area contributed by atoms with Crippen molar-refractivity contribution in [1.29, 1.82) is 0 Å². The second kappa shape index (κ2) is 9.86. The summed E-state index contributed by atoms with van der Waals surface area (Å²) in [5.41, 5.74) is -0.0896. The van der Waals surface area contributed by atoms with E-state index in [1.54, 1.807) is 0 Å². The second-order valence-corrected chi connectivity index (χ2v) is 5.12. The number of esters is 4. The van der Waals surface area contributed by atoms with Crippen LogP contribution in [0.1, 0.15) is 46.9 Å². The number of hydrogen-bond acceptors (Lipinski definition) is 8. The van der Waals surface area contributed by atoms with Crippen molar-refractivity contribution in [2.45, 2.75) is 0 Å². The van der Waals surface area contributed by atoms with Crippen LogP contribution in [0.2, 0.25) is 0 Å². The van der Waals surface area contributed by atoms with Crippen molar-refractivity contribution in [2.24, 2.45) is 0 Å². The predicted octanol–water partition coefficient (Wildman–Crippen LogP) is 2.27. The third-order valence-electron chi connectivity index (χ3n) is 3.41. The molecule has 0 aliphatic carbocycles. The zero-order chi connectivity index (χ0) is 24.1. The fraction of sp³-hybridized carbons (Fsp3) is 0.200. The first-order valence-electron chi connectivity index (χ1n) is 9.75. The van der Waals surface area contributed by atoms with Gasteiger partial charge in [0.1, 0.15) is 13.1 Å². The van der Waals surface area contributed by atoms with E-state index in [1.807, 2.05) is 0 Å². The predicted molar refractivity (Wildman–Crippen MR) is 96.1 cm³/mol. The smallest absolute Gasteiger partial charge is 0.338 e. The maximum absolute atomic E-state index is 12.2. The van der Waals surface area contributed by atoms with Gasteiger partial charge in [-0.1, -0.05) is 0 Å². The zero-order valence-corrected chi connectivity index (χ0v) is 14.9. The van der Waals surface area contributed by atoms with E-state index < -0.39 is 37.0 Å². The summed E-state index contributed by atoms with van der Waals surface area (Å²) in [5.74, 6) is -3.81. The molecule has 0 aromatic heterocycles. The number of rotatable bonds is 7. The van der Waals surface area contributed by atoms with Gasteiger partial charge in [-0.2, -0.15) is 0 Å². The average Bonchev–Trinajstić information content (AvgIpc) is 2.77. The van der Waals surface area contributed by atoms with E-state index in [0.717, 1.165) is 24.3 Å². The molecule has 0 saturated heterocycles. The lowest BCUT2D eigenvalue weighted by Crippen LogP contribution is -2.14. The van der Waals surface area contributed by atoms with Crippen LogP contribution in [0, 0.1) is 0 Å². The molecule has 0 bridgehead atoms.